The van der Waals surface area contributed by atoms with Crippen molar-refractivity contribution >= 4 is 17.6 Å². The molecule has 0 heterocycles. The number of carbonyl (C=O) groups is 1. The number of halogens is 1. The summed E-state index contributed by atoms with van der Waals surface area (Å²) in [5.41, 5.74) is 0.143. The summed E-state index contributed by atoms with van der Waals surface area (Å²) in [5, 5.41) is 8.75. The van der Waals surface area contributed by atoms with Gasteiger partial charge in [-0.25, -0.2) is 4.79 Å². The minimum absolute atomic E-state index is 0. The maximum Gasteiger partial charge on any atom is 1.00 e. The quantitative estimate of drug-likeness (QED) is 0.595. The van der Waals surface area contributed by atoms with E-state index in [9.17, 15) is 4.79 Å². The largest absolute Gasteiger partial charge is 1.00 e. The summed E-state index contributed by atoms with van der Waals surface area (Å²) in [4.78, 5) is 10.3. The van der Waals surface area contributed by atoms with Gasteiger partial charge < -0.3 is 6.53 Å². The molecule has 0 bridgehead atoms. The van der Waals surface area contributed by atoms with E-state index >= 15 is 0 Å². The van der Waals surface area contributed by atoms with Crippen molar-refractivity contribution in [3.8, 4) is 0 Å². The van der Waals surface area contributed by atoms with Crippen LogP contribution in [0.3, 0.4) is 0 Å². The van der Waals surface area contributed by atoms with Gasteiger partial charge in [0.15, 0.2) is 0 Å². The van der Waals surface area contributed by atoms with Crippen LogP contribution in [0, 0.1) is 0 Å². The summed E-state index contributed by atoms with van der Waals surface area (Å²) in [7, 11) is 0. The van der Waals surface area contributed by atoms with Crippen LogP contribution in [0.4, 0.5) is 0 Å². The first kappa shape index (κ1) is 11.6. The fraction of sp³-hybridized carbons (Fsp3) is 0. The summed E-state index contributed by atoms with van der Waals surface area (Å²) in [6, 6.07) is 6.33. The molecule has 1 aromatic rings. The smallest absolute Gasteiger partial charge is 1.00 e. The molecule has 11 heavy (non-hydrogen) atoms. The van der Waals surface area contributed by atoms with Gasteiger partial charge in [0, 0.05) is 0 Å². The normalized spacial score (nSPS) is 8.45. The van der Waals surface area contributed by atoms with E-state index in [4.69, 9.17) is 16.7 Å². The third-order valence-corrected chi connectivity index (χ3v) is 1.43. The zero-order valence-electron chi connectivity index (χ0n) is 7.04. The molecule has 1 N–H and O–H groups in total. The summed E-state index contributed by atoms with van der Waals surface area (Å²) in [5.74, 6) is -0.995. The second-order valence-electron chi connectivity index (χ2n) is 1.78. The van der Waals surface area contributed by atoms with E-state index in [1.165, 1.54) is 6.07 Å². The van der Waals surface area contributed by atoms with E-state index in [0.717, 1.165) is 0 Å². The van der Waals surface area contributed by atoms with E-state index in [1.54, 1.807) is 18.2 Å². The van der Waals surface area contributed by atoms with Crippen LogP contribution in [-0.2, 0) is 0 Å². The molecule has 0 aliphatic rings. The Morgan fingerprint density at radius 1 is 1.45 bits per heavy atom. The van der Waals surface area contributed by atoms with Gasteiger partial charge in [-0.15, -0.1) is 0 Å². The number of aromatic carboxylic acids is 1. The van der Waals surface area contributed by atoms with Crippen molar-refractivity contribution in [1.29, 1.82) is 0 Å². The van der Waals surface area contributed by atoms with Gasteiger partial charge in [-0.3, -0.25) is 0 Å². The maximum absolute atomic E-state index is 10.3. The Hall–Kier alpha value is 0.616. The predicted molar refractivity (Wildman–Crippen MR) is 39.5 cm³/mol. The van der Waals surface area contributed by atoms with Gasteiger partial charge in [-0.1, -0.05) is 23.7 Å². The molecule has 0 aliphatic carbocycles. The van der Waals surface area contributed by atoms with Crippen LogP contribution >= 0.6 is 11.6 Å². The molecule has 0 aliphatic heterocycles. The first-order valence-corrected chi connectivity index (χ1v) is 3.07. The molecule has 0 radical (unpaired) electrons. The molecule has 0 saturated heterocycles. The molecule has 0 aromatic heterocycles. The minimum atomic E-state index is -0.995. The van der Waals surface area contributed by atoms with Crippen molar-refractivity contribution in [2.24, 2.45) is 0 Å². The Bertz CT molecular complexity index is 267. The summed E-state index contributed by atoms with van der Waals surface area (Å²) in [6.07, 6.45) is 0. The number of benzene rings is 1. The second kappa shape index (κ2) is 5.30. The number of hydrogen-bond donors (Lipinski definition) is 1. The minimum Gasteiger partial charge on any atom is -1.00 e. The fourth-order valence-electron chi connectivity index (χ4n) is 0.635. The van der Waals surface area contributed by atoms with Crippen molar-refractivity contribution < 1.29 is 62.7 Å². The molecule has 4 heteroatoms. The summed E-state index contributed by atoms with van der Waals surface area (Å²) >= 11 is 5.54. The maximum atomic E-state index is 10.3. The molecule has 0 fully saturated rings. The molecule has 1 rings (SSSR count). The van der Waals surface area contributed by atoms with Crippen LogP contribution in [0.1, 0.15) is 11.8 Å². The first-order valence-electron chi connectivity index (χ1n) is 2.69. The Labute approximate surface area is 113 Å². The number of carboxylic acid groups (broad SMARTS) is 1. The van der Waals surface area contributed by atoms with Crippen LogP contribution in [0.25, 0.3) is 0 Å². The molecule has 1 aromatic carbocycles. The average molecular weight is 197 g/mol. The third-order valence-electron chi connectivity index (χ3n) is 1.10. The van der Waals surface area contributed by atoms with Gasteiger partial charge in [0.1, 0.15) is 0 Å². The van der Waals surface area contributed by atoms with Gasteiger partial charge in [0.25, 0.3) is 0 Å². The van der Waals surface area contributed by atoms with Gasteiger partial charge >= 0.3 is 57.4 Å². The van der Waals surface area contributed by atoms with Crippen LogP contribution in [0.15, 0.2) is 24.3 Å². The van der Waals surface area contributed by atoms with E-state index < -0.39 is 5.97 Å². The third kappa shape index (κ3) is 3.23. The van der Waals surface area contributed by atoms with Gasteiger partial charge in [0.05, 0.1) is 10.6 Å². The summed E-state index contributed by atoms with van der Waals surface area (Å²) in [6.45, 7) is 0. The van der Waals surface area contributed by atoms with Crippen molar-refractivity contribution in [2.45, 2.75) is 0 Å². The molecule has 0 atom stereocenters. The van der Waals surface area contributed by atoms with Crippen LogP contribution in [0.2, 0.25) is 5.02 Å². The first-order chi connectivity index (χ1) is 4.72. The van der Waals surface area contributed by atoms with Crippen LogP contribution < -0.4 is 51.4 Å². The Balaban J connectivity index is 0. The SMILES string of the molecule is O=C(O)c1ccccc1Cl.[H-].[K+]. The van der Waals surface area contributed by atoms with Gasteiger partial charge in [0.2, 0.25) is 0 Å². The molecule has 0 amide bonds. The van der Waals surface area contributed by atoms with Crippen molar-refractivity contribution in [1.82, 2.24) is 0 Å². The predicted octanol–water partition coefficient (Wildman–Crippen LogP) is -0.845. The van der Waals surface area contributed by atoms with Gasteiger partial charge in [-0.05, 0) is 12.1 Å². The average Bonchev–Trinajstić information content (AvgIpc) is 1.88. The molecule has 0 saturated carbocycles. The van der Waals surface area contributed by atoms with Crippen molar-refractivity contribution in [2.75, 3.05) is 0 Å². The van der Waals surface area contributed by atoms with E-state index in [-0.39, 0.29) is 63.4 Å². The summed E-state index contributed by atoms with van der Waals surface area (Å²) < 4.78 is 0. The molecular weight excluding hydrogens is 191 g/mol. The fourth-order valence-corrected chi connectivity index (χ4v) is 0.851. The number of hydrogen-bond acceptors (Lipinski definition) is 1. The number of rotatable bonds is 1. The van der Waals surface area contributed by atoms with Gasteiger partial charge in [-0.2, -0.15) is 0 Å². The molecule has 0 spiro atoms. The molecule has 0 unspecified atom stereocenters. The monoisotopic (exact) mass is 196 g/mol. The zero-order valence-corrected chi connectivity index (χ0v) is 9.92. The van der Waals surface area contributed by atoms with Crippen molar-refractivity contribution in [3.63, 3.8) is 0 Å². The van der Waals surface area contributed by atoms with E-state index in [0.29, 0.717) is 0 Å². The van der Waals surface area contributed by atoms with Crippen LogP contribution in [-0.4, -0.2) is 11.1 Å². The van der Waals surface area contributed by atoms with E-state index in [2.05, 4.69) is 0 Å². The zero-order chi connectivity index (χ0) is 7.56. The topological polar surface area (TPSA) is 37.3 Å². The van der Waals surface area contributed by atoms with Crippen molar-refractivity contribution in [3.05, 3.63) is 34.9 Å². The molecule has 54 valence electrons. The Morgan fingerprint density at radius 2 is 2.00 bits per heavy atom. The molecular formula is C7H6ClKO2. The Kier molecular flexibility index (Phi) is 5.59. The number of carboxylic acids is 1. The molecule has 2 nitrogen and oxygen atoms in total. The van der Waals surface area contributed by atoms with E-state index in [1.807, 2.05) is 0 Å². The Morgan fingerprint density at radius 3 is 2.36 bits per heavy atom. The standard InChI is InChI=1S/C7H5ClO2.K.H/c8-6-4-2-1-3-5(6)7(9)10;;/h1-4H,(H,9,10);;/q;+1;-1. The second-order valence-corrected chi connectivity index (χ2v) is 2.19. The van der Waals surface area contributed by atoms with Crippen LogP contribution in [0.5, 0.6) is 0 Å².